The topological polar surface area (TPSA) is 64.6 Å². The summed E-state index contributed by atoms with van der Waals surface area (Å²) in [6.07, 6.45) is 3.97. The number of nitrogens with zero attached hydrogens (tertiary/aromatic N) is 5. The number of amides is 1. The van der Waals surface area contributed by atoms with Gasteiger partial charge in [0.15, 0.2) is 0 Å². The van der Waals surface area contributed by atoms with E-state index in [2.05, 4.69) is 49.2 Å². The Kier molecular flexibility index (Phi) is 5.20. The van der Waals surface area contributed by atoms with Gasteiger partial charge in [-0.3, -0.25) is 4.79 Å². The minimum absolute atomic E-state index is 0.207. The monoisotopic (exact) mass is 366 g/mol. The van der Waals surface area contributed by atoms with Crippen molar-refractivity contribution in [2.45, 2.75) is 12.8 Å². The number of hydrogen-bond donors (Lipinski definition) is 1. The summed E-state index contributed by atoms with van der Waals surface area (Å²) in [6.45, 7) is 6.03. The lowest BCUT2D eigenvalue weighted by atomic mass is 10.2. The molecule has 1 aromatic heterocycles. The van der Waals surface area contributed by atoms with Crippen LogP contribution in [0.25, 0.3) is 0 Å². The molecule has 0 aliphatic carbocycles. The molecule has 3 heterocycles. The summed E-state index contributed by atoms with van der Waals surface area (Å²) in [6, 6.07) is 9.81. The first-order chi connectivity index (χ1) is 13.2. The Bertz CT molecular complexity index is 779. The Hall–Kier alpha value is -2.67. The maximum absolute atomic E-state index is 12.6. The van der Waals surface area contributed by atoms with Crippen molar-refractivity contribution in [2.75, 3.05) is 61.4 Å². The van der Waals surface area contributed by atoms with Gasteiger partial charge in [0.25, 0.3) is 5.91 Å². The molecule has 1 N–H and O–H groups in total. The number of rotatable bonds is 4. The third-order valence-electron chi connectivity index (χ3n) is 5.31. The Balaban J connectivity index is 1.41. The third kappa shape index (κ3) is 4.19. The fraction of sp³-hybridized carbons (Fsp3) is 0.450. The molecule has 7 nitrogen and oxygen atoms in total. The molecule has 2 aliphatic heterocycles. The molecule has 1 amide bonds. The van der Waals surface area contributed by atoms with Gasteiger partial charge in [0, 0.05) is 56.7 Å². The summed E-state index contributed by atoms with van der Waals surface area (Å²) in [5.74, 6) is 0.606. The van der Waals surface area contributed by atoms with Gasteiger partial charge in [-0.25, -0.2) is 9.97 Å². The number of likely N-dealkylation sites (N-methyl/N-ethyl adjacent to an activating group) is 1. The molecule has 27 heavy (non-hydrogen) atoms. The van der Waals surface area contributed by atoms with Crippen molar-refractivity contribution in [3.8, 4) is 0 Å². The number of carbonyl (C=O) groups excluding carboxylic acids is 1. The van der Waals surface area contributed by atoms with E-state index in [1.807, 2.05) is 12.1 Å². The number of carbonyl (C=O) groups is 1. The molecule has 0 spiro atoms. The van der Waals surface area contributed by atoms with E-state index in [1.54, 1.807) is 6.07 Å². The van der Waals surface area contributed by atoms with Gasteiger partial charge in [-0.2, -0.15) is 0 Å². The standard InChI is InChI=1S/C20H26N6O/c1-24-10-12-26(13-11-24)19-14-18(21-15-22-19)20(27)23-16-4-6-17(7-5-16)25-8-2-3-9-25/h4-7,14-15H,2-3,8-13H2,1H3,(H,23,27). The molecule has 0 radical (unpaired) electrons. The Labute approximate surface area is 160 Å². The fourth-order valence-corrected chi connectivity index (χ4v) is 3.61. The Morgan fingerprint density at radius 1 is 0.926 bits per heavy atom. The first-order valence-corrected chi connectivity index (χ1v) is 9.61. The van der Waals surface area contributed by atoms with Crippen LogP contribution in [0.3, 0.4) is 0 Å². The van der Waals surface area contributed by atoms with Gasteiger partial charge in [0.2, 0.25) is 0 Å². The first-order valence-electron chi connectivity index (χ1n) is 9.61. The van der Waals surface area contributed by atoms with Crippen LogP contribution in [0, 0.1) is 0 Å². The van der Waals surface area contributed by atoms with E-state index in [-0.39, 0.29) is 5.91 Å². The molecule has 0 saturated carbocycles. The Morgan fingerprint density at radius 3 is 2.33 bits per heavy atom. The van der Waals surface area contributed by atoms with Crippen LogP contribution in [0.15, 0.2) is 36.7 Å². The second kappa shape index (κ2) is 7.92. The number of piperazine rings is 1. The Morgan fingerprint density at radius 2 is 1.63 bits per heavy atom. The van der Waals surface area contributed by atoms with Crippen LogP contribution in [0.2, 0.25) is 0 Å². The molecule has 4 rings (SSSR count). The van der Waals surface area contributed by atoms with E-state index in [9.17, 15) is 4.79 Å². The van der Waals surface area contributed by atoms with E-state index >= 15 is 0 Å². The van der Waals surface area contributed by atoms with Gasteiger partial charge in [-0.15, -0.1) is 0 Å². The highest BCUT2D eigenvalue weighted by Gasteiger charge is 2.18. The third-order valence-corrected chi connectivity index (χ3v) is 5.31. The fourth-order valence-electron chi connectivity index (χ4n) is 3.61. The number of aromatic nitrogens is 2. The van der Waals surface area contributed by atoms with Crippen molar-refractivity contribution in [3.05, 3.63) is 42.4 Å². The summed E-state index contributed by atoms with van der Waals surface area (Å²) in [5, 5.41) is 2.94. The van der Waals surface area contributed by atoms with Crippen molar-refractivity contribution >= 4 is 23.1 Å². The smallest absolute Gasteiger partial charge is 0.274 e. The van der Waals surface area contributed by atoms with Gasteiger partial charge < -0.3 is 20.0 Å². The van der Waals surface area contributed by atoms with E-state index in [0.717, 1.165) is 50.8 Å². The van der Waals surface area contributed by atoms with Crippen molar-refractivity contribution in [3.63, 3.8) is 0 Å². The predicted octanol–water partition coefficient (Wildman–Crippen LogP) is 2.08. The quantitative estimate of drug-likeness (QED) is 0.894. The molecule has 2 fully saturated rings. The van der Waals surface area contributed by atoms with Gasteiger partial charge in [0.1, 0.15) is 17.8 Å². The van der Waals surface area contributed by atoms with E-state index < -0.39 is 0 Å². The molecule has 2 aliphatic rings. The molecular formula is C20H26N6O. The zero-order valence-electron chi connectivity index (χ0n) is 15.8. The molecular weight excluding hydrogens is 340 g/mol. The normalized spacial score (nSPS) is 18.0. The summed E-state index contributed by atoms with van der Waals surface area (Å²) in [5.41, 5.74) is 2.38. The minimum Gasteiger partial charge on any atom is -0.372 e. The van der Waals surface area contributed by atoms with Crippen molar-refractivity contribution in [1.82, 2.24) is 14.9 Å². The van der Waals surface area contributed by atoms with Gasteiger partial charge in [-0.05, 0) is 44.2 Å². The van der Waals surface area contributed by atoms with Crippen molar-refractivity contribution in [1.29, 1.82) is 0 Å². The first kappa shape index (κ1) is 17.7. The number of benzene rings is 1. The lowest BCUT2D eigenvalue weighted by Crippen LogP contribution is -2.44. The average molecular weight is 366 g/mol. The van der Waals surface area contributed by atoms with Crippen LogP contribution in [-0.2, 0) is 0 Å². The zero-order chi connectivity index (χ0) is 18.6. The summed E-state index contributed by atoms with van der Waals surface area (Å²) < 4.78 is 0. The second-order valence-electron chi connectivity index (χ2n) is 7.25. The molecule has 2 saturated heterocycles. The highest BCUT2D eigenvalue weighted by atomic mass is 16.1. The molecule has 7 heteroatoms. The van der Waals surface area contributed by atoms with Gasteiger partial charge in [-0.1, -0.05) is 0 Å². The van der Waals surface area contributed by atoms with Crippen LogP contribution in [-0.4, -0.2) is 67.1 Å². The van der Waals surface area contributed by atoms with E-state index in [1.165, 1.54) is 24.9 Å². The SMILES string of the molecule is CN1CCN(c2cc(C(=O)Nc3ccc(N4CCCC4)cc3)ncn2)CC1. The highest BCUT2D eigenvalue weighted by Crippen LogP contribution is 2.22. The van der Waals surface area contributed by atoms with Gasteiger partial charge in [0.05, 0.1) is 0 Å². The van der Waals surface area contributed by atoms with Gasteiger partial charge >= 0.3 is 0 Å². The molecule has 1 aromatic carbocycles. The predicted molar refractivity (Wildman–Crippen MR) is 108 cm³/mol. The molecule has 0 unspecified atom stereocenters. The zero-order valence-corrected chi connectivity index (χ0v) is 15.8. The molecule has 142 valence electrons. The number of nitrogens with one attached hydrogen (secondary N) is 1. The average Bonchev–Trinajstić information content (AvgIpc) is 3.24. The number of hydrogen-bond acceptors (Lipinski definition) is 6. The van der Waals surface area contributed by atoms with Crippen molar-refractivity contribution in [2.24, 2.45) is 0 Å². The lowest BCUT2D eigenvalue weighted by Gasteiger charge is -2.33. The van der Waals surface area contributed by atoms with E-state index in [0.29, 0.717) is 5.69 Å². The highest BCUT2D eigenvalue weighted by molar-refractivity contribution is 6.03. The summed E-state index contributed by atoms with van der Waals surface area (Å²) >= 11 is 0. The van der Waals surface area contributed by atoms with Crippen LogP contribution >= 0.6 is 0 Å². The molecule has 0 bridgehead atoms. The van der Waals surface area contributed by atoms with Crippen LogP contribution in [0.5, 0.6) is 0 Å². The second-order valence-corrected chi connectivity index (χ2v) is 7.25. The molecule has 0 atom stereocenters. The summed E-state index contributed by atoms with van der Waals surface area (Å²) in [7, 11) is 2.12. The van der Waals surface area contributed by atoms with Crippen LogP contribution < -0.4 is 15.1 Å². The number of anilines is 3. The maximum Gasteiger partial charge on any atom is 0.274 e. The summed E-state index contributed by atoms with van der Waals surface area (Å²) in [4.78, 5) is 28.0. The largest absolute Gasteiger partial charge is 0.372 e. The van der Waals surface area contributed by atoms with Crippen LogP contribution in [0.4, 0.5) is 17.2 Å². The molecule has 2 aromatic rings. The van der Waals surface area contributed by atoms with Crippen molar-refractivity contribution < 1.29 is 4.79 Å². The minimum atomic E-state index is -0.207. The van der Waals surface area contributed by atoms with Crippen LogP contribution in [0.1, 0.15) is 23.3 Å². The lowest BCUT2D eigenvalue weighted by molar-refractivity contribution is 0.102. The maximum atomic E-state index is 12.6. The van der Waals surface area contributed by atoms with E-state index in [4.69, 9.17) is 0 Å².